The summed E-state index contributed by atoms with van der Waals surface area (Å²) in [5, 5.41) is 3.01. The fourth-order valence-corrected chi connectivity index (χ4v) is 2.85. The number of amides is 1. The van der Waals surface area contributed by atoms with Gasteiger partial charge in [-0.2, -0.15) is 0 Å². The van der Waals surface area contributed by atoms with E-state index >= 15 is 0 Å². The number of nitrogens with one attached hydrogen (secondary N) is 2. The minimum absolute atomic E-state index is 0.0221. The number of rotatable bonds is 5. The lowest BCUT2D eigenvalue weighted by molar-refractivity contribution is -0.121. The van der Waals surface area contributed by atoms with Gasteiger partial charge in [-0.05, 0) is 24.5 Å². The summed E-state index contributed by atoms with van der Waals surface area (Å²) >= 11 is 0. The fraction of sp³-hybridized carbons (Fsp3) is 0.412. The minimum Gasteiger partial charge on any atom is -0.351 e. The lowest BCUT2D eigenvalue weighted by atomic mass is 10.2. The van der Waals surface area contributed by atoms with E-state index in [2.05, 4.69) is 27.2 Å². The number of hydrogen-bond acceptors (Lipinski definition) is 5. The molecular weight excluding hydrogens is 306 g/mol. The van der Waals surface area contributed by atoms with Crippen molar-refractivity contribution in [2.75, 3.05) is 18.0 Å². The number of nitrogens with zero attached hydrogens (tertiary/aromatic N) is 3. The van der Waals surface area contributed by atoms with Crippen LogP contribution in [0, 0.1) is 0 Å². The van der Waals surface area contributed by atoms with Gasteiger partial charge < -0.3 is 15.2 Å². The van der Waals surface area contributed by atoms with Crippen LogP contribution in [0.4, 0.5) is 5.82 Å². The molecule has 0 spiro atoms. The summed E-state index contributed by atoms with van der Waals surface area (Å²) in [6, 6.07) is 3.92. The average molecular weight is 327 g/mol. The number of aromatic amines is 1. The zero-order valence-electron chi connectivity index (χ0n) is 13.7. The maximum absolute atomic E-state index is 12.2. The highest BCUT2D eigenvalue weighted by molar-refractivity contribution is 5.78. The van der Waals surface area contributed by atoms with Gasteiger partial charge in [0.05, 0.1) is 6.42 Å². The Hall–Kier alpha value is -2.70. The topological polar surface area (TPSA) is 91.0 Å². The third-order valence-corrected chi connectivity index (χ3v) is 4.18. The average Bonchev–Trinajstić information content (AvgIpc) is 3.04. The standard InChI is InChI=1S/C17H21N5O2/c1-2-12-3-4-13(20-10-12)9-15(23)21-14-5-8-22(11-14)16-17(24)19-7-6-18-16/h3-4,6-7,10,14H,2,5,8-9,11H2,1H3,(H,19,24)(H,21,23)/t14-/m0/s1. The highest BCUT2D eigenvalue weighted by Gasteiger charge is 2.26. The molecule has 0 saturated carbocycles. The smallest absolute Gasteiger partial charge is 0.290 e. The van der Waals surface area contributed by atoms with Gasteiger partial charge in [0.15, 0.2) is 5.82 Å². The Kier molecular flexibility index (Phi) is 4.88. The zero-order chi connectivity index (χ0) is 16.9. The van der Waals surface area contributed by atoms with Gasteiger partial charge in [-0.15, -0.1) is 0 Å². The first-order valence-corrected chi connectivity index (χ1v) is 8.17. The maximum atomic E-state index is 12.2. The molecule has 3 heterocycles. The minimum atomic E-state index is -0.204. The first-order valence-electron chi connectivity index (χ1n) is 8.17. The zero-order valence-corrected chi connectivity index (χ0v) is 13.7. The van der Waals surface area contributed by atoms with E-state index in [1.54, 1.807) is 6.20 Å². The fourth-order valence-electron chi connectivity index (χ4n) is 2.85. The molecule has 2 aromatic rings. The van der Waals surface area contributed by atoms with Crippen molar-refractivity contribution in [2.45, 2.75) is 32.2 Å². The van der Waals surface area contributed by atoms with E-state index in [0.717, 1.165) is 24.1 Å². The largest absolute Gasteiger partial charge is 0.351 e. The second-order valence-corrected chi connectivity index (χ2v) is 5.93. The molecule has 1 fully saturated rings. The first kappa shape index (κ1) is 16.2. The lowest BCUT2D eigenvalue weighted by Gasteiger charge is -2.16. The van der Waals surface area contributed by atoms with Crippen molar-refractivity contribution < 1.29 is 4.79 Å². The van der Waals surface area contributed by atoms with Gasteiger partial charge in [0, 0.05) is 43.4 Å². The van der Waals surface area contributed by atoms with E-state index in [-0.39, 0.29) is 23.9 Å². The van der Waals surface area contributed by atoms with Crippen LogP contribution >= 0.6 is 0 Å². The predicted octanol–water partition coefficient (Wildman–Crippen LogP) is 0.665. The number of pyridine rings is 1. The molecule has 1 aliphatic heterocycles. The van der Waals surface area contributed by atoms with Crippen LogP contribution in [0.2, 0.25) is 0 Å². The van der Waals surface area contributed by atoms with Crippen molar-refractivity contribution >= 4 is 11.7 Å². The lowest BCUT2D eigenvalue weighted by Crippen LogP contribution is -2.39. The van der Waals surface area contributed by atoms with Gasteiger partial charge in [0.2, 0.25) is 5.91 Å². The second kappa shape index (κ2) is 7.25. The van der Waals surface area contributed by atoms with Crippen molar-refractivity contribution in [3.63, 3.8) is 0 Å². The van der Waals surface area contributed by atoms with E-state index in [0.29, 0.717) is 18.9 Å². The molecule has 24 heavy (non-hydrogen) atoms. The SMILES string of the molecule is CCc1ccc(CC(=O)N[C@H]2CCN(c3ncc[nH]c3=O)C2)nc1. The third-order valence-electron chi connectivity index (χ3n) is 4.18. The van der Waals surface area contributed by atoms with Gasteiger partial charge in [0.1, 0.15) is 0 Å². The molecule has 1 saturated heterocycles. The first-order chi connectivity index (χ1) is 11.7. The molecule has 0 radical (unpaired) electrons. The van der Waals surface area contributed by atoms with Crippen molar-refractivity contribution in [3.8, 4) is 0 Å². The highest BCUT2D eigenvalue weighted by atomic mass is 16.1. The molecular formula is C17H21N5O2. The Morgan fingerprint density at radius 2 is 2.29 bits per heavy atom. The number of H-pyrrole nitrogens is 1. The highest BCUT2D eigenvalue weighted by Crippen LogP contribution is 2.14. The van der Waals surface area contributed by atoms with Gasteiger partial charge in [0.25, 0.3) is 5.56 Å². The molecule has 2 aromatic heterocycles. The summed E-state index contributed by atoms with van der Waals surface area (Å²) < 4.78 is 0. The summed E-state index contributed by atoms with van der Waals surface area (Å²) in [7, 11) is 0. The molecule has 0 bridgehead atoms. The van der Waals surface area contributed by atoms with Crippen molar-refractivity contribution in [1.82, 2.24) is 20.3 Å². The Morgan fingerprint density at radius 1 is 1.42 bits per heavy atom. The molecule has 7 heteroatoms. The van der Waals surface area contributed by atoms with E-state index in [1.807, 2.05) is 23.2 Å². The number of carbonyl (C=O) groups is 1. The monoisotopic (exact) mass is 327 g/mol. The Bertz CT molecular complexity index is 756. The summed E-state index contributed by atoms with van der Waals surface area (Å²) in [4.78, 5) is 36.9. The van der Waals surface area contributed by atoms with Crippen LogP contribution in [0.5, 0.6) is 0 Å². The Morgan fingerprint density at radius 3 is 3.00 bits per heavy atom. The number of hydrogen-bond donors (Lipinski definition) is 2. The van der Waals surface area contributed by atoms with Crippen LogP contribution < -0.4 is 15.8 Å². The van der Waals surface area contributed by atoms with Gasteiger partial charge in [-0.3, -0.25) is 14.6 Å². The van der Waals surface area contributed by atoms with E-state index in [9.17, 15) is 9.59 Å². The molecule has 3 rings (SSSR count). The van der Waals surface area contributed by atoms with Crippen LogP contribution in [0.3, 0.4) is 0 Å². The molecule has 0 unspecified atom stereocenters. The number of anilines is 1. The maximum Gasteiger partial charge on any atom is 0.290 e. The van der Waals surface area contributed by atoms with Crippen LogP contribution in [0.25, 0.3) is 0 Å². The number of aromatic nitrogens is 3. The van der Waals surface area contributed by atoms with Gasteiger partial charge in [-0.1, -0.05) is 13.0 Å². The molecule has 7 nitrogen and oxygen atoms in total. The molecule has 0 aliphatic carbocycles. The van der Waals surface area contributed by atoms with Crippen molar-refractivity contribution in [1.29, 1.82) is 0 Å². The van der Waals surface area contributed by atoms with Gasteiger partial charge >= 0.3 is 0 Å². The summed E-state index contributed by atoms with van der Waals surface area (Å²) in [6.07, 6.45) is 6.89. The molecule has 0 aromatic carbocycles. The normalized spacial score (nSPS) is 17.0. The number of carbonyl (C=O) groups excluding carboxylic acids is 1. The molecule has 1 atom stereocenters. The molecule has 126 valence electrons. The molecule has 2 N–H and O–H groups in total. The van der Waals surface area contributed by atoms with Crippen LogP contribution in [0.1, 0.15) is 24.6 Å². The van der Waals surface area contributed by atoms with Crippen molar-refractivity contribution in [3.05, 3.63) is 52.3 Å². The van der Waals surface area contributed by atoms with E-state index < -0.39 is 0 Å². The van der Waals surface area contributed by atoms with E-state index in [1.165, 1.54) is 6.20 Å². The third kappa shape index (κ3) is 3.79. The Balaban J connectivity index is 1.54. The predicted molar refractivity (Wildman–Crippen MR) is 90.9 cm³/mol. The van der Waals surface area contributed by atoms with Crippen LogP contribution in [0.15, 0.2) is 35.5 Å². The van der Waals surface area contributed by atoms with Crippen molar-refractivity contribution in [2.24, 2.45) is 0 Å². The molecule has 1 aliphatic rings. The summed E-state index contributed by atoms with van der Waals surface area (Å²) in [5.74, 6) is 0.361. The summed E-state index contributed by atoms with van der Waals surface area (Å²) in [6.45, 7) is 3.37. The quantitative estimate of drug-likeness (QED) is 0.842. The van der Waals surface area contributed by atoms with E-state index in [4.69, 9.17) is 0 Å². The van der Waals surface area contributed by atoms with Crippen LogP contribution in [-0.4, -0.2) is 40.0 Å². The number of aryl methyl sites for hydroxylation is 1. The summed E-state index contributed by atoms with van der Waals surface area (Å²) in [5.41, 5.74) is 1.72. The van der Waals surface area contributed by atoms with Crippen LogP contribution in [-0.2, 0) is 17.6 Å². The second-order valence-electron chi connectivity index (χ2n) is 5.93. The van der Waals surface area contributed by atoms with Gasteiger partial charge in [-0.25, -0.2) is 4.98 Å². The molecule has 1 amide bonds. The Labute approximate surface area is 140 Å².